The van der Waals surface area contributed by atoms with Gasteiger partial charge in [0.1, 0.15) is 17.5 Å². The van der Waals surface area contributed by atoms with Crippen molar-refractivity contribution >= 4 is 32.7 Å². The largest absolute Gasteiger partial charge is 0.480 e. The van der Waals surface area contributed by atoms with Gasteiger partial charge in [-0.25, -0.2) is 13.2 Å². The van der Waals surface area contributed by atoms with Crippen molar-refractivity contribution in [3.63, 3.8) is 0 Å². The molecule has 0 saturated carbocycles. The van der Waals surface area contributed by atoms with E-state index in [1.807, 2.05) is 0 Å². The molecule has 2 aliphatic rings. The Labute approximate surface area is 118 Å². The Balaban J connectivity index is 2.36. The fourth-order valence-corrected chi connectivity index (χ4v) is 5.18. The van der Waals surface area contributed by atoms with Crippen LogP contribution < -0.4 is 4.72 Å². The molecular formula is C10H14N2O6S2. The summed E-state index contributed by atoms with van der Waals surface area (Å²) >= 11 is 0. The molecule has 10 heteroatoms. The highest BCUT2D eigenvalue weighted by atomic mass is 32.2. The normalized spacial score (nSPS) is 35.3. The third-order valence-electron chi connectivity index (χ3n) is 3.50. The van der Waals surface area contributed by atoms with Gasteiger partial charge in [0, 0.05) is 5.41 Å². The number of β-lactam (4-membered cyclic amide) rings is 1. The van der Waals surface area contributed by atoms with E-state index in [0.29, 0.717) is 5.41 Å². The van der Waals surface area contributed by atoms with E-state index >= 15 is 0 Å². The lowest BCUT2D eigenvalue weighted by atomic mass is 9.96. The maximum Gasteiger partial charge on any atom is 0.328 e. The average Bonchev–Trinajstić information content (AvgIpc) is 2.53. The minimum absolute atomic E-state index is 0.640. The van der Waals surface area contributed by atoms with Gasteiger partial charge >= 0.3 is 5.97 Å². The topological polar surface area (TPSA) is 121 Å². The molecule has 0 unspecified atom stereocenters. The first-order valence-electron chi connectivity index (χ1n) is 5.65. The van der Waals surface area contributed by atoms with E-state index in [-0.39, 0.29) is 0 Å². The molecule has 0 bridgehead atoms. The summed E-state index contributed by atoms with van der Waals surface area (Å²) < 4.78 is 36.1. The number of carbonyl (C=O) groups excluding carboxylic acids is 1. The zero-order valence-corrected chi connectivity index (χ0v) is 12.4. The molecule has 0 aromatic carbocycles. The maximum absolute atomic E-state index is 12.3. The summed E-state index contributed by atoms with van der Waals surface area (Å²) in [6.07, 6.45) is 0. The van der Waals surface area contributed by atoms with Crippen molar-refractivity contribution in [3.8, 4) is 0 Å². The summed E-state index contributed by atoms with van der Waals surface area (Å²) in [5.74, 6) is -1.95. The van der Waals surface area contributed by atoms with Crippen molar-refractivity contribution in [1.82, 2.24) is 9.62 Å². The Bertz CT molecular complexity index is 626. The van der Waals surface area contributed by atoms with Gasteiger partial charge in [-0.1, -0.05) is 6.58 Å². The van der Waals surface area contributed by atoms with Gasteiger partial charge in [0.05, 0.1) is 15.5 Å². The molecule has 0 aliphatic carbocycles. The number of carboxylic acids is 1. The summed E-state index contributed by atoms with van der Waals surface area (Å²) in [6, 6.07) is -2.44. The van der Waals surface area contributed by atoms with E-state index in [9.17, 15) is 27.3 Å². The third-order valence-corrected chi connectivity index (χ3v) is 6.72. The second-order valence-electron chi connectivity index (χ2n) is 5.08. The van der Waals surface area contributed by atoms with Crippen molar-refractivity contribution < 1.29 is 27.3 Å². The van der Waals surface area contributed by atoms with Crippen LogP contribution in [0.3, 0.4) is 0 Å². The molecule has 0 aromatic rings. The van der Waals surface area contributed by atoms with E-state index in [2.05, 4.69) is 11.3 Å². The number of fused-ring (bicyclic) bond motifs is 1. The minimum atomic E-state index is -3.87. The van der Waals surface area contributed by atoms with Crippen LogP contribution in [-0.2, 0) is 30.4 Å². The van der Waals surface area contributed by atoms with Gasteiger partial charge in [-0.3, -0.25) is 9.00 Å². The standard InChI is InChI=1S/C10H14N2O6S2/c1-4-20(17,18)11-5-7(13)12-6(9(14)15)10(2,3)19(16)8(5)12/h4-6,8,11H,1H2,2-3H3,(H,14,15)/t5-,6+,8-,19-/m1/s1. The van der Waals surface area contributed by atoms with Crippen LogP contribution >= 0.6 is 0 Å². The van der Waals surface area contributed by atoms with E-state index in [1.165, 1.54) is 13.8 Å². The van der Waals surface area contributed by atoms with Crippen molar-refractivity contribution in [2.75, 3.05) is 0 Å². The van der Waals surface area contributed by atoms with E-state index in [4.69, 9.17) is 0 Å². The van der Waals surface area contributed by atoms with Gasteiger partial charge in [0.25, 0.3) is 0 Å². The summed E-state index contributed by atoms with van der Waals surface area (Å²) in [5, 5.41) is 8.86. The molecular weight excluding hydrogens is 308 g/mol. The first-order chi connectivity index (χ1) is 9.04. The molecule has 2 aliphatic heterocycles. The summed E-state index contributed by atoms with van der Waals surface area (Å²) in [6.45, 7) is 6.06. The first kappa shape index (κ1) is 15.1. The number of hydrogen-bond donors (Lipinski definition) is 2. The summed E-state index contributed by atoms with van der Waals surface area (Å²) in [5.41, 5.74) is 0. The van der Waals surface area contributed by atoms with Crippen LogP contribution in [0, 0.1) is 0 Å². The molecule has 2 saturated heterocycles. The van der Waals surface area contributed by atoms with E-state index in [1.54, 1.807) is 0 Å². The predicted molar refractivity (Wildman–Crippen MR) is 70.3 cm³/mol. The van der Waals surface area contributed by atoms with Gasteiger partial charge in [-0.15, -0.1) is 0 Å². The lowest BCUT2D eigenvalue weighted by molar-refractivity contribution is -0.159. The van der Waals surface area contributed by atoms with Crippen LogP contribution in [0.4, 0.5) is 0 Å². The Kier molecular flexibility index (Phi) is 3.30. The van der Waals surface area contributed by atoms with Crippen LogP contribution in [0.2, 0.25) is 0 Å². The average molecular weight is 322 g/mol. The molecule has 2 N–H and O–H groups in total. The first-order valence-corrected chi connectivity index (χ1v) is 8.41. The summed E-state index contributed by atoms with van der Waals surface area (Å²) in [7, 11) is -5.56. The van der Waals surface area contributed by atoms with Crippen LogP contribution in [0.25, 0.3) is 0 Å². The highest BCUT2D eigenvalue weighted by molar-refractivity contribution is 7.92. The van der Waals surface area contributed by atoms with Crippen LogP contribution in [-0.4, -0.2) is 56.7 Å². The fourth-order valence-electron chi connectivity index (χ4n) is 2.49. The molecule has 0 aromatic heterocycles. The number of carboxylic acid groups (broad SMARTS) is 1. The highest BCUT2D eigenvalue weighted by Gasteiger charge is 2.68. The van der Waals surface area contributed by atoms with Gasteiger partial charge in [-0.2, -0.15) is 4.72 Å². The zero-order valence-electron chi connectivity index (χ0n) is 10.8. The Hall–Kier alpha value is -1.26. The highest BCUT2D eigenvalue weighted by Crippen LogP contribution is 2.43. The number of rotatable bonds is 4. The Morgan fingerprint density at radius 3 is 2.55 bits per heavy atom. The molecule has 20 heavy (non-hydrogen) atoms. The molecule has 2 rings (SSSR count). The molecule has 2 fully saturated rings. The lowest BCUT2D eigenvalue weighted by Gasteiger charge is -2.42. The Morgan fingerprint density at radius 1 is 1.55 bits per heavy atom. The number of sulfonamides is 1. The summed E-state index contributed by atoms with van der Waals surface area (Å²) in [4.78, 5) is 24.2. The van der Waals surface area contributed by atoms with Crippen molar-refractivity contribution in [2.24, 2.45) is 0 Å². The lowest BCUT2D eigenvalue weighted by Crippen LogP contribution is -2.71. The van der Waals surface area contributed by atoms with Crippen molar-refractivity contribution in [2.45, 2.75) is 36.1 Å². The number of amides is 1. The fraction of sp³-hybridized carbons (Fsp3) is 0.600. The quantitative estimate of drug-likeness (QED) is 0.613. The smallest absolute Gasteiger partial charge is 0.328 e. The second kappa shape index (κ2) is 4.37. The molecule has 1 amide bonds. The molecule has 2 heterocycles. The van der Waals surface area contributed by atoms with E-state index < -0.39 is 54.9 Å². The van der Waals surface area contributed by atoms with Gasteiger partial charge in [-0.05, 0) is 13.8 Å². The van der Waals surface area contributed by atoms with Gasteiger partial charge in [0.15, 0.2) is 0 Å². The molecule has 8 nitrogen and oxygen atoms in total. The SMILES string of the molecule is C=CS(=O)(=O)N[C@@H]1C(=O)N2[C@@H]1[S@@](=O)C(C)(C)[C@@H]2C(=O)O. The number of nitrogens with zero attached hydrogens (tertiary/aromatic N) is 1. The Morgan fingerprint density at radius 2 is 2.10 bits per heavy atom. The second-order valence-corrected chi connectivity index (χ2v) is 8.87. The predicted octanol–water partition coefficient (Wildman–Crippen LogP) is -1.42. The molecule has 112 valence electrons. The molecule has 4 atom stereocenters. The zero-order chi connectivity index (χ0) is 15.5. The monoisotopic (exact) mass is 322 g/mol. The molecule has 0 spiro atoms. The molecule has 0 radical (unpaired) electrons. The van der Waals surface area contributed by atoms with Gasteiger partial charge < -0.3 is 10.0 Å². The number of aliphatic carboxylic acids is 1. The minimum Gasteiger partial charge on any atom is -0.480 e. The third kappa shape index (κ3) is 1.90. The number of nitrogens with one attached hydrogen (secondary N) is 1. The number of carbonyl (C=O) groups is 2. The van der Waals surface area contributed by atoms with Crippen LogP contribution in [0.1, 0.15) is 13.8 Å². The maximum atomic E-state index is 12.3. The number of hydrogen-bond acceptors (Lipinski definition) is 5. The van der Waals surface area contributed by atoms with Gasteiger partial charge in [0.2, 0.25) is 15.9 Å². The van der Waals surface area contributed by atoms with Crippen molar-refractivity contribution in [3.05, 3.63) is 12.0 Å². The van der Waals surface area contributed by atoms with Crippen molar-refractivity contribution in [1.29, 1.82) is 0 Å². The van der Waals surface area contributed by atoms with Crippen LogP contribution in [0.5, 0.6) is 0 Å². The van der Waals surface area contributed by atoms with E-state index in [0.717, 1.165) is 4.90 Å². The van der Waals surface area contributed by atoms with Crippen LogP contribution in [0.15, 0.2) is 12.0 Å².